The molecule has 3 nitrogen and oxygen atoms in total. The minimum atomic E-state index is -0.440. The molecule has 1 aliphatic heterocycles. The highest BCUT2D eigenvalue weighted by Crippen LogP contribution is 2.66. The van der Waals surface area contributed by atoms with Crippen molar-refractivity contribution in [3.63, 3.8) is 0 Å². The van der Waals surface area contributed by atoms with E-state index in [-0.39, 0.29) is 26.0 Å². The zero-order valence-corrected chi connectivity index (χ0v) is 17.8. The lowest BCUT2D eigenvalue weighted by molar-refractivity contribution is 0.183. The molecule has 4 heteroatoms. The van der Waals surface area contributed by atoms with Crippen LogP contribution >= 0.6 is 0 Å². The van der Waals surface area contributed by atoms with E-state index in [4.69, 9.17) is 0 Å². The molecule has 0 spiro atoms. The Morgan fingerprint density at radius 2 is 1.81 bits per heavy atom. The van der Waals surface area contributed by atoms with Gasteiger partial charge >= 0.3 is 0 Å². The van der Waals surface area contributed by atoms with Gasteiger partial charge in [-0.1, -0.05) is 34.8 Å². The summed E-state index contributed by atoms with van der Waals surface area (Å²) >= 11 is 0. The average molecular weight is 434 g/mol. The van der Waals surface area contributed by atoms with Crippen molar-refractivity contribution in [2.45, 2.75) is 66.3 Å². The van der Waals surface area contributed by atoms with E-state index in [0.717, 1.165) is 5.56 Å². The molecule has 2 bridgehead atoms. The second-order valence-corrected chi connectivity index (χ2v) is 8.98. The monoisotopic (exact) mass is 433 g/mol. The average Bonchev–Trinajstić information content (AvgIpc) is 3.51. The number of hydrogen-bond acceptors (Lipinski definition) is 2. The van der Waals surface area contributed by atoms with E-state index < -0.39 is 5.82 Å². The fourth-order valence-corrected chi connectivity index (χ4v) is 6.72. The minimum absolute atomic E-state index is 0. The van der Waals surface area contributed by atoms with E-state index in [9.17, 15) is 9.65 Å². The molecule has 2 N–H and O–H groups in total. The quantitative estimate of drug-likeness (QED) is 0.409. The number of H-pyrrole nitrogens is 1. The van der Waals surface area contributed by atoms with Crippen molar-refractivity contribution in [2.75, 3.05) is 5.32 Å². The summed E-state index contributed by atoms with van der Waals surface area (Å²) in [5.74, 6) is 1.91. The molecule has 2 saturated carbocycles. The molecule has 3 aromatic rings. The topological polar surface area (TPSA) is 51.6 Å². The van der Waals surface area contributed by atoms with Crippen LogP contribution in [0.4, 0.5) is 10.1 Å². The molecule has 5 atom stereocenters. The van der Waals surface area contributed by atoms with Gasteiger partial charge in [-0.2, -0.15) is 5.26 Å². The molecule has 5 unspecified atom stereocenters. The van der Waals surface area contributed by atoms with E-state index in [1.54, 1.807) is 6.07 Å². The summed E-state index contributed by atoms with van der Waals surface area (Å²) in [7, 11) is 0. The van der Waals surface area contributed by atoms with Crippen LogP contribution in [-0.4, -0.2) is 4.98 Å². The van der Waals surface area contributed by atoms with Crippen molar-refractivity contribution in [1.82, 2.24) is 4.98 Å². The lowest BCUT2D eigenvalue weighted by atomic mass is 9.61. The summed E-state index contributed by atoms with van der Waals surface area (Å²) in [6.45, 7) is 6.25. The number of rotatable bonds is 1. The smallest absolute Gasteiger partial charge is 0.140 e. The number of fused-ring (bicyclic) bond motifs is 9. The Kier molecular flexibility index (Phi) is 6.43. The Morgan fingerprint density at radius 1 is 1.06 bits per heavy atom. The lowest BCUT2D eigenvalue weighted by Gasteiger charge is -2.50. The molecule has 2 aromatic carbocycles. The molecule has 0 amide bonds. The first kappa shape index (κ1) is 23.9. The highest BCUT2D eigenvalue weighted by atomic mass is 19.1. The SMILES string of the molecule is C.C.CC.CC1(c2ccc(F)c(C#N)c2)Nc2ccc3[nH]ccc3c2C2C3CCC(C3)C21. The number of nitriles is 1. The fourth-order valence-electron chi connectivity index (χ4n) is 6.72. The van der Waals surface area contributed by atoms with Crippen LogP contribution in [-0.2, 0) is 5.54 Å². The van der Waals surface area contributed by atoms with Gasteiger partial charge in [-0.05, 0) is 91.3 Å². The molecule has 170 valence electrons. The molecular weight excluding hydrogens is 397 g/mol. The Hall–Kier alpha value is -2.80. The number of aromatic amines is 1. The summed E-state index contributed by atoms with van der Waals surface area (Å²) in [6.07, 6.45) is 5.88. The van der Waals surface area contributed by atoms with Crippen molar-refractivity contribution in [2.24, 2.45) is 17.8 Å². The van der Waals surface area contributed by atoms with Gasteiger partial charge < -0.3 is 10.3 Å². The molecule has 2 heterocycles. The third-order valence-corrected chi connectivity index (χ3v) is 7.77. The van der Waals surface area contributed by atoms with E-state index >= 15 is 0 Å². The van der Waals surface area contributed by atoms with Gasteiger partial charge in [-0.25, -0.2) is 4.39 Å². The fraction of sp³-hybridized carbons (Fsp3) is 0.464. The van der Waals surface area contributed by atoms with Crippen LogP contribution in [0, 0.1) is 34.9 Å². The van der Waals surface area contributed by atoms with Crippen LogP contribution in [0.3, 0.4) is 0 Å². The Morgan fingerprint density at radius 3 is 2.56 bits per heavy atom. The van der Waals surface area contributed by atoms with Gasteiger partial charge in [-0.3, -0.25) is 0 Å². The second-order valence-electron chi connectivity index (χ2n) is 8.98. The predicted octanol–water partition coefficient (Wildman–Crippen LogP) is 7.95. The van der Waals surface area contributed by atoms with Gasteiger partial charge in [0.1, 0.15) is 11.9 Å². The highest BCUT2D eigenvalue weighted by molar-refractivity contribution is 5.90. The summed E-state index contributed by atoms with van der Waals surface area (Å²) in [6, 6.07) is 13.6. The van der Waals surface area contributed by atoms with Crippen LogP contribution in [0.2, 0.25) is 0 Å². The number of aromatic nitrogens is 1. The number of hydrogen-bond donors (Lipinski definition) is 2. The highest BCUT2D eigenvalue weighted by Gasteiger charge is 2.58. The molecule has 32 heavy (non-hydrogen) atoms. The van der Waals surface area contributed by atoms with E-state index in [1.165, 1.54) is 47.5 Å². The first-order valence-corrected chi connectivity index (χ1v) is 11.2. The van der Waals surface area contributed by atoms with Crippen molar-refractivity contribution < 1.29 is 4.39 Å². The zero-order valence-electron chi connectivity index (χ0n) is 17.8. The summed E-state index contributed by atoms with van der Waals surface area (Å²) in [4.78, 5) is 3.36. The van der Waals surface area contributed by atoms with Crippen molar-refractivity contribution >= 4 is 16.6 Å². The van der Waals surface area contributed by atoms with Crippen LogP contribution in [0.25, 0.3) is 10.9 Å². The standard InChI is InChI=1S/C24H22FN3.C2H6.2CH4/c1-24(16-4-5-18(25)15(11-16)12-26)23-14-3-2-13(10-14)21(23)22-17-8-9-27-19(17)6-7-20(22)28-24;1-2;;/h4-9,11,13-14,21,23,27-28H,2-3,10H2,1H3;1-2H3;2*1H4. The molecule has 3 aliphatic rings. The van der Waals surface area contributed by atoms with Crippen molar-refractivity contribution in [3.8, 4) is 6.07 Å². The predicted molar refractivity (Wildman–Crippen MR) is 132 cm³/mol. The van der Waals surface area contributed by atoms with Crippen LogP contribution in [0.1, 0.15) is 77.5 Å². The van der Waals surface area contributed by atoms with E-state index in [0.29, 0.717) is 23.7 Å². The molecule has 6 rings (SSSR count). The maximum absolute atomic E-state index is 14.0. The number of halogens is 1. The molecule has 0 radical (unpaired) electrons. The Labute approximate surface area is 192 Å². The zero-order chi connectivity index (χ0) is 21.0. The van der Waals surface area contributed by atoms with Crippen molar-refractivity contribution in [1.29, 1.82) is 5.26 Å². The largest absolute Gasteiger partial charge is 0.375 e. The second kappa shape index (κ2) is 8.62. The molecule has 1 aromatic heterocycles. The lowest BCUT2D eigenvalue weighted by Crippen LogP contribution is -2.48. The van der Waals surface area contributed by atoms with Gasteiger partial charge in [0.25, 0.3) is 0 Å². The Balaban J connectivity index is 0.000000704. The van der Waals surface area contributed by atoms with Gasteiger partial charge in [0.15, 0.2) is 0 Å². The first-order chi connectivity index (χ1) is 14.6. The minimum Gasteiger partial charge on any atom is -0.375 e. The van der Waals surface area contributed by atoms with Gasteiger partial charge in [0.2, 0.25) is 0 Å². The molecular formula is C28H36FN3. The third kappa shape index (κ3) is 3.13. The van der Waals surface area contributed by atoms with Gasteiger partial charge in [-0.15, -0.1) is 0 Å². The summed E-state index contributed by atoms with van der Waals surface area (Å²) in [5.41, 5.74) is 4.68. The number of nitrogens with zero attached hydrogens (tertiary/aromatic N) is 1. The van der Waals surface area contributed by atoms with Gasteiger partial charge in [0, 0.05) is 22.8 Å². The number of benzene rings is 2. The van der Waals surface area contributed by atoms with E-state index in [2.05, 4.69) is 35.4 Å². The first-order valence-electron chi connectivity index (χ1n) is 11.2. The normalized spacial score (nSPS) is 28.7. The maximum atomic E-state index is 14.0. The van der Waals surface area contributed by atoms with Gasteiger partial charge in [0.05, 0.1) is 11.1 Å². The van der Waals surface area contributed by atoms with Crippen molar-refractivity contribution in [3.05, 3.63) is 65.1 Å². The van der Waals surface area contributed by atoms with E-state index in [1.807, 2.05) is 32.2 Å². The molecule has 2 aliphatic carbocycles. The molecule has 2 fully saturated rings. The maximum Gasteiger partial charge on any atom is 0.140 e. The number of nitrogens with one attached hydrogen (secondary N) is 2. The summed E-state index contributed by atoms with van der Waals surface area (Å²) < 4.78 is 14.0. The number of anilines is 1. The van der Waals surface area contributed by atoms with Crippen LogP contribution in [0.15, 0.2) is 42.6 Å². The molecule has 0 saturated heterocycles. The Bertz CT molecular complexity index is 1160. The van der Waals surface area contributed by atoms with Crippen LogP contribution in [0.5, 0.6) is 0 Å². The van der Waals surface area contributed by atoms with Crippen LogP contribution < -0.4 is 5.32 Å². The summed E-state index contributed by atoms with van der Waals surface area (Å²) in [5, 5.41) is 14.5. The third-order valence-electron chi connectivity index (χ3n) is 7.77.